The van der Waals surface area contributed by atoms with Gasteiger partial charge in [0.05, 0.1) is 4.92 Å². The quantitative estimate of drug-likeness (QED) is 0.276. The van der Waals surface area contributed by atoms with Crippen molar-refractivity contribution in [1.82, 2.24) is 0 Å². The van der Waals surface area contributed by atoms with E-state index in [4.69, 9.17) is 9.47 Å². The van der Waals surface area contributed by atoms with Crippen LogP contribution in [0.1, 0.15) is 19.4 Å². The number of hydrogen-bond donors (Lipinski definition) is 0. The molecule has 0 aromatic heterocycles. The second-order valence-electron chi connectivity index (χ2n) is 4.13. The minimum Gasteiger partial charge on any atom is -0.419 e. The maximum atomic E-state index is 11.4. The average molecular weight is 290 g/mol. The third-order valence-corrected chi connectivity index (χ3v) is 2.46. The third kappa shape index (κ3) is 3.30. The molecule has 0 fully saturated rings. The molecule has 1 aromatic rings. The molecule has 1 aliphatic heterocycles. The van der Waals surface area contributed by atoms with E-state index in [2.05, 4.69) is 4.99 Å². The fraction of sp³-hybridized carbons (Fsp3) is 0.154. The number of nitro benzene ring substituents is 1. The minimum atomic E-state index is -0.679. The highest BCUT2D eigenvalue weighted by molar-refractivity contribution is 6.06. The van der Waals surface area contributed by atoms with Crippen molar-refractivity contribution in [1.29, 1.82) is 0 Å². The van der Waals surface area contributed by atoms with Crippen molar-refractivity contribution in [2.75, 3.05) is 0 Å². The lowest BCUT2D eigenvalue weighted by Crippen LogP contribution is -2.04. The average Bonchev–Trinajstić information content (AvgIpc) is 2.68. The summed E-state index contributed by atoms with van der Waals surface area (Å²) in [6.45, 7) is 2.66. The highest BCUT2D eigenvalue weighted by atomic mass is 16.6. The summed E-state index contributed by atoms with van der Waals surface area (Å²) in [7, 11) is 0. The van der Waals surface area contributed by atoms with Gasteiger partial charge in [0.1, 0.15) is 0 Å². The van der Waals surface area contributed by atoms with Gasteiger partial charge in [-0.05, 0) is 17.7 Å². The van der Waals surface area contributed by atoms with Crippen molar-refractivity contribution < 1.29 is 24.0 Å². The van der Waals surface area contributed by atoms with E-state index in [1.165, 1.54) is 31.2 Å². The summed E-state index contributed by atoms with van der Waals surface area (Å²) >= 11 is 0. The first kappa shape index (κ1) is 14.4. The maximum absolute atomic E-state index is 11.4. The van der Waals surface area contributed by atoms with Crippen LogP contribution in [-0.4, -0.2) is 22.8 Å². The van der Waals surface area contributed by atoms with Crippen LogP contribution in [0, 0.1) is 10.1 Å². The fourth-order valence-electron chi connectivity index (χ4n) is 1.68. The summed E-state index contributed by atoms with van der Waals surface area (Å²) in [5.74, 6) is -1.25. The Morgan fingerprint density at radius 2 is 2.19 bits per heavy atom. The van der Waals surface area contributed by atoms with Gasteiger partial charge in [0.25, 0.3) is 0 Å². The van der Waals surface area contributed by atoms with Crippen molar-refractivity contribution >= 4 is 29.6 Å². The lowest BCUT2D eigenvalue weighted by Gasteiger charge is -2.03. The second-order valence-corrected chi connectivity index (χ2v) is 4.13. The number of carbonyl (C=O) groups is 2. The van der Waals surface area contributed by atoms with Gasteiger partial charge in [0, 0.05) is 19.9 Å². The largest absolute Gasteiger partial charge is 0.419 e. The molecular formula is C13H10N2O6. The molecule has 8 nitrogen and oxygen atoms in total. The number of esters is 2. The van der Waals surface area contributed by atoms with Crippen molar-refractivity contribution in [2.24, 2.45) is 4.99 Å². The summed E-state index contributed by atoms with van der Waals surface area (Å²) in [6, 6.07) is 3.93. The SMILES string of the molecule is CC(=O)Oc1ccc(C=C2N=C(C)OC2=O)cc1[N+](=O)[O-]. The molecule has 0 spiro atoms. The highest BCUT2D eigenvalue weighted by Crippen LogP contribution is 2.29. The molecule has 21 heavy (non-hydrogen) atoms. The summed E-state index contributed by atoms with van der Waals surface area (Å²) < 4.78 is 9.49. The first-order valence-electron chi connectivity index (χ1n) is 5.83. The second kappa shape index (κ2) is 5.53. The number of cyclic esters (lactones) is 1. The van der Waals surface area contributed by atoms with Crippen LogP contribution in [0.25, 0.3) is 6.08 Å². The summed E-state index contributed by atoms with van der Waals surface area (Å²) in [5.41, 5.74) is 0.0247. The van der Waals surface area contributed by atoms with Crippen molar-refractivity contribution in [3.63, 3.8) is 0 Å². The van der Waals surface area contributed by atoms with Crippen LogP contribution in [0.2, 0.25) is 0 Å². The van der Waals surface area contributed by atoms with E-state index in [1.807, 2.05) is 0 Å². The van der Waals surface area contributed by atoms with Crippen LogP contribution in [0.5, 0.6) is 5.75 Å². The van der Waals surface area contributed by atoms with Crippen LogP contribution >= 0.6 is 0 Å². The fourth-order valence-corrected chi connectivity index (χ4v) is 1.68. The smallest absolute Gasteiger partial charge is 0.363 e. The Kier molecular flexibility index (Phi) is 3.79. The Balaban J connectivity index is 2.41. The molecule has 0 N–H and O–H groups in total. The van der Waals surface area contributed by atoms with Gasteiger partial charge in [0.2, 0.25) is 5.75 Å². The molecule has 0 atom stereocenters. The summed E-state index contributed by atoms with van der Waals surface area (Å²) in [6.07, 6.45) is 1.35. The monoisotopic (exact) mass is 290 g/mol. The zero-order valence-electron chi connectivity index (χ0n) is 11.2. The number of nitro groups is 1. The van der Waals surface area contributed by atoms with Gasteiger partial charge in [-0.15, -0.1) is 0 Å². The first-order chi connectivity index (χ1) is 9.86. The normalized spacial score (nSPS) is 15.6. The molecule has 1 heterocycles. The Hall–Kier alpha value is -3.03. The summed E-state index contributed by atoms with van der Waals surface area (Å²) in [4.78, 5) is 36.5. The predicted molar refractivity (Wildman–Crippen MR) is 71.6 cm³/mol. The van der Waals surface area contributed by atoms with Crippen LogP contribution in [0.15, 0.2) is 28.9 Å². The predicted octanol–water partition coefficient (Wildman–Crippen LogP) is 1.84. The van der Waals surface area contributed by atoms with Gasteiger partial charge in [-0.3, -0.25) is 14.9 Å². The van der Waals surface area contributed by atoms with E-state index in [-0.39, 0.29) is 23.0 Å². The molecule has 0 saturated heterocycles. The Bertz CT molecular complexity index is 705. The van der Waals surface area contributed by atoms with Crippen LogP contribution in [0.3, 0.4) is 0 Å². The molecule has 2 rings (SSSR count). The number of nitrogens with zero attached hydrogens (tertiary/aromatic N) is 2. The van der Waals surface area contributed by atoms with Gasteiger partial charge in [-0.2, -0.15) is 0 Å². The molecule has 0 bridgehead atoms. The van der Waals surface area contributed by atoms with Gasteiger partial charge in [-0.25, -0.2) is 9.79 Å². The van der Waals surface area contributed by atoms with E-state index in [1.54, 1.807) is 0 Å². The van der Waals surface area contributed by atoms with Crippen LogP contribution in [0.4, 0.5) is 5.69 Å². The number of benzene rings is 1. The Morgan fingerprint density at radius 3 is 2.71 bits per heavy atom. The molecule has 0 amide bonds. The van der Waals surface area contributed by atoms with E-state index in [0.29, 0.717) is 5.56 Å². The number of hydrogen-bond acceptors (Lipinski definition) is 7. The van der Waals surface area contributed by atoms with Gasteiger partial charge in [0.15, 0.2) is 11.6 Å². The standard InChI is InChI=1S/C13H10N2O6/c1-7-14-10(13(17)20-7)5-9-3-4-12(21-8(2)16)11(6-9)15(18)19/h3-6H,1-2H3. The van der Waals surface area contributed by atoms with Crippen molar-refractivity contribution in [3.8, 4) is 5.75 Å². The van der Waals surface area contributed by atoms with E-state index in [9.17, 15) is 19.7 Å². The van der Waals surface area contributed by atoms with Gasteiger partial charge >= 0.3 is 17.6 Å². The number of ether oxygens (including phenoxy) is 2. The zero-order chi connectivity index (χ0) is 15.6. The molecule has 108 valence electrons. The molecule has 0 saturated carbocycles. The molecular weight excluding hydrogens is 280 g/mol. The lowest BCUT2D eigenvalue weighted by molar-refractivity contribution is -0.385. The highest BCUT2D eigenvalue weighted by Gasteiger charge is 2.21. The Morgan fingerprint density at radius 1 is 1.48 bits per heavy atom. The molecule has 0 aliphatic carbocycles. The molecule has 0 unspecified atom stereocenters. The molecule has 1 aromatic carbocycles. The summed E-state index contributed by atoms with van der Waals surface area (Å²) in [5, 5.41) is 11.0. The minimum absolute atomic E-state index is 0.0436. The van der Waals surface area contributed by atoms with Crippen LogP contribution < -0.4 is 4.74 Å². The Labute approximate surface area is 118 Å². The van der Waals surface area contributed by atoms with Crippen molar-refractivity contribution in [3.05, 3.63) is 39.6 Å². The third-order valence-electron chi connectivity index (χ3n) is 2.46. The molecule has 8 heteroatoms. The van der Waals surface area contributed by atoms with Gasteiger partial charge < -0.3 is 9.47 Å². The molecule has 1 aliphatic rings. The number of carbonyl (C=O) groups excluding carboxylic acids is 2. The van der Waals surface area contributed by atoms with Crippen LogP contribution in [-0.2, 0) is 14.3 Å². The number of aliphatic imine (C=N–C) groups is 1. The van der Waals surface area contributed by atoms with Gasteiger partial charge in [-0.1, -0.05) is 6.07 Å². The maximum Gasteiger partial charge on any atom is 0.363 e. The van der Waals surface area contributed by atoms with E-state index < -0.39 is 16.9 Å². The van der Waals surface area contributed by atoms with Crippen molar-refractivity contribution in [2.45, 2.75) is 13.8 Å². The lowest BCUT2D eigenvalue weighted by atomic mass is 10.1. The molecule has 0 radical (unpaired) electrons. The first-order valence-corrected chi connectivity index (χ1v) is 5.83. The van der Waals surface area contributed by atoms with E-state index in [0.717, 1.165) is 6.92 Å². The number of rotatable bonds is 3. The topological polar surface area (TPSA) is 108 Å². The zero-order valence-corrected chi connectivity index (χ0v) is 11.2. The van der Waals surface area contributed by atoms with E-state index >= 15 is 0 Å².